The number of nitrogens with zero attached hydrogens (tertiary/aromatic N) is 2. The predicted octanol–water partition coefficient (Wildman–Crippen LogP) is 0.570. The van der Waals surface area contributed by atoms with Gasteiger partial charge in [0.1, 0.15) is 12.8 Å². The van der Waals surface area contributed by atoms with Gasteiger partial charge in [-0.3, -0.25) is 4.90 Å². The van der Waals surface area contributed by atoms with Gasteiger partial charge in [0.2, 0.25) is 0 Å². The standard InChI is InChI=1S/C12H20N2O4/c1-8(2)11(16)18-10(4)6-13-5-9(3)14(7-15)12(13)17/h9-10,15H,1,5-7H2,2-4H3. The summed E-state index contributed by atoms with van der Waals surface area (Å²) < 4.78 is 5.11. The first-order chi connectivity index (χ1) is 8.36. The number of aliphatic hydroxyl groups is 1. The van der Waals surface area contributed by atoms with Crippen LogP contribution in [0, 0.1) is 0 Å². The van der Waals surface area contributed by atoms with Crippen molar-refractivity contribution in [3.05, 3.63) is 12.2 Å². The number of esters is 1. The van der Waals surface area contributed by atoms with Gasteiger partial charge in [0.05, 0.1) is 12.6 Å². The first kappa shape index (κ1) is 14.5. The maximum Gasteiger partial charge on any atom is 0.333 e. The fourth-order valence-corrected chi connectivity index (χ4v) is 1.85. The normalized spacial score (nSPS) is 21.1. The Morgan fingerprint density at radius 2 is 2.28 bits per heavy atom. The second-order valence-electron chi connectivity index (χ2n) is 4.64. The number of aliphatic hydroxyl groups excluding tert-OH is 1. The third-order valence-corrected chi connectivity index (χ3v) is 2.82. The van der Waals surface area contributed by atoms with Gasteiger partial charge in [-0.1, -0.05) is 6.58 Å². The van der Waals surface area contributed by atoms with E-state index in [0.29, 0.717) is 18.7 Å². The van der Waals surface area contributed by atoms with Crippen LogP contribution in [-0.4, -0.2) is 58.9 Å². The molecule has 0 aromatic carbocycles. The monoisotopic (exact) mass is 256 g/mol. The fourth-order valence-electron chi connectivity index (χ4n) is 1.85. The topological polar surface area (TPSA) is 70.1 Å². The average molecular weight is 256 g/mol. The summed E-state index contributed by atoms with van der Waals surface area (Å²) in [5.41, 5.74) is 0.333. The van der Waals surface area contributed by atoms with Crippen LogP contribution in [0.25, 0.3) is 0 Å². The summed E-state index contributed by atoms with van der Waals surface area (Å²) in [6, 6.07) is -0.269. The van der Waals surface area contributed by atoms with Crippen LogP contribution in [0.2, 0.25) is 0 Å². The Labute approximate surface area is 107 Å². The van der Waals surface area contributed by atoms with Gasteiger partial charge in [0.15, 0.2) is 0 Å². The van der Waals surface area contributed by atoms with Crippen LogP contribution in [0.15, 0.2) is 12.2 Å². The van der Waals surface area contributed by atoms with E-state index in [4.69, 9.17) is 9.84 Å². The first-order valence-electron chi connectivity index (χ1n) is 5.89. The van der Waals surface area contributed by atoms with Crippen molar-refractivity contribution >= 4 is 12.0 Å². The minimum Gasteiger partial charge on any atom is -0.457 e. The summed E-state index contributed by atoms with van der Waals surface area (Å²) in [5.74, 6) is -0.457. The highest BCUT2D eigenvalue weighted by molar-refractivity contribution is 5.87. The number of hydrogen-bond donors (Lipinski definition) is 1. The highest BCUT2D eigenvalue weighted by Crippen LogP contribution is 2.15. The van der Waals surface area contributed by atoms with Crippen LogP contribution in [0.4, 0.5) is 4.79 Å². The molecule has 0 aliphatic carbocycles. The summed E-state index contributed by atoms with van der Waals surface area (Å²) in [6.45, 7) is 9.20. The number of ether oxygens (including phenoxy) is 1. The molecule has 1 N–H and O–H groups in total. The Balaban J connectivity index is 2.51. The molecular formula is C12H20N2O4. The van der Waals surface area contributed by atoms with Gasteiger partial charge in [-0.05, 0) is 20.8 Å². The smallest absolute Gasteiger partial charge is 0.333 e. The minimum absolute atomic E-state index is 0.0356. The average Bonchev–Trinajstić information content (AvgIpc) is 2.53. The molecule has 1 saturated heterocycles. The quantitative estimate of drug-likeness (QED) is 0.576. The van der Waals surface area contributed by atoms with Gasteiger partial charge in [-0.25, -0.2) is 9.59 Å². The molecule has 0 bridgehead atoms. The second-order valence-corrected chi connectivity index (χ2v) is 4.64. The van der Waals surface area contributed by atoms with Crippen molar-refractivity contribution in [2.45, 2.75) is 32.9 Å². The molecule has 6 nitrogen and oxygen atoms in total. The Hall–Kier alpha value is -1.56. The number of rotatable bonds is 5. The van der Waals surface area contributed by atoms with Gasteiger partial charge in [0, 0.05) is 12.1 Å². The Bertz CT molecular complexity index is 356. The van der Waals surface area contributed by atoms with Gasteiger partial charge in [-0.15, -0.1) is 0 Å². The van der Waals surface area contributed by atoms with Crippen molar-refractivity contribution in [3.8, 4) is 0 Å². The van der Waals surface area contributed by atoms with Crippen molar-refractivity contribution in [3.63, 3.8) is 0 Å². The van der Waals surface area contributed by atoms with Crippen LogP contribution < -0.4 is 0 Å². The molecule has 2 atom stereocenters. The van der Waals surface area contributed by atoms with Gasteiger partial charge in [0.25, 0.3) is 0 Å². The van der Waals surface area contributed by atoms with Crippen molar-refractivity contribution in [1.82, 2.24) is 9.80 Å². The minimum atomic E-state index is -0.457. The second kappa shape index (κ2) is 5.86. The van der Waals surface area contributed by atoms with Crippen LogP contribution in [-0.2, 0) is 9.53 Å². The van der Waals surface area contributed by atoms with Crippen LogP contribution >= 0.6 is 0 Å². The third kappa shape index (κ3) is 3.22. The lowest BCUT2D eigenvalue weighted by molar-refractivity contribution is -0.143. The summed E-state index contributed by atoms with van der Waals surface area (Å²) >= 11 is 0. The Morgan fingerprint density at radius 1 is 1.67 bits per heavy atom. The van der Waals surface area contributed by atoms with E-state index in [2.05, 4.69) is 6.58 Å². The van der Waals surface area contributed by atoms with Crippen LogP contribution in [0.1, 0.15) is 20.8 Å². The number of carbonyl (C=O) groups excluding carboxylic acids is 2. The van der Waals surface area contributed by atoms with Crippen molar-refractivity contribution in [1.29, 1.82) is 0 Å². The highest BCUT2D eigenvalue weighted by atomic mass is 16.5. The zero-order valence-corrected chi connectivity index (χ0v) is 11.0. The largest absolute Gasteiger partial charge is 0.457 e. The number of carbonyl (C=O) groups is 2. The maximum atomic E-state index is 11.8. The summed E-state index contributed by atoms with van der Waals surface area (Å²) in [7, 11) is 0. The number of amides is 2. The molecule has 102 valence electrons. The number of urea groups is 1. The SMILES string of the molecule is C=C(C)C(=O)OC(C)CN1CC(C)N(CO)C1=O. The van der Waals surface area contributed by atoms with E-state index in [1.54, 1.807) is 18.7 Å². The maximum absolute atomic E-state index is 11.8. The molecule has 2 unspecified atom stereocenters. The summed E-state index contributed by atoms with van der Waals surface area (Å²) in [5, 5.41) is 9.06. The van der Waals surface area contributed by atoms with E-state index >= 15 is 0 Å². The Kier molecular flexibility index (Phi) is 4.72. The molecule has 1 heterocycles. The molecule has 1 rings (SSSR count). The molecule has 18 heavy (non-hydrogen) atoms. The van der Waals surface area contributed by atoms with E-state index in [9.17, 15) is 9.59 Å². The lowest BCUT2D eigenvalue weighted by Gasteiger charge is -2.21. The molecule has 0 radical (unpaired) electrons. The molecule has 0 aromatic rings. The predicted molar refractivity (Wildman–Crippen MR) is 65.7 cm³/mol. The van der Waals surface area contributed by atoms with Gasteiger partial charge >= 0.3 is 12.0 Å². The van der Waals surface area contributed by atoms with Gasteiger partial charge in [-0.2, -0.15) is 0 Å². The van der Waals surface area contributed by atoms with E-state index < -0.39 is 12.1 Å². The summed E-state index contributed by atoms with van der Waals surface area (Å²) in [4.78, 5) is 26.1. The molecule has 1 aliphatic rings. The van der Waals surface area contributed by atoms with E-state index in [1.165, 1.54) is 4.90 Å². The molecule has 0 aromatic heterocycles. The third-order valence-electron chi connectivity index (χ3n) is 2.82. The first-order valence-corrected chi connectivity index (χ1v) is 5.89. The lowest BCUT2D eigenvalue weighted by atomic mass is 10.3. The highest BCUT2D eigenvalue weighted by Gasteiger charge is 2.34. The molecular weight excluding hydrogens is 236 g/mol. The van der Waals surface area contributed by atoms with Crippen molar-refractivity contribution in [2.24, 2.45) is 0 Å². The summed E-state index contributed by atoms with van der Waals surface area (Å²) in [6.07, 6.45) is -0.399. The van der Waals surface area contributed by atoms with Crippen molar-refractivity contribution < 1.29 is 19.4 Å². The van der Waals surface area contributed by atoms with E-state index in [0.717, 1.165) is 0 Å². The number of hydrogen-bond acceptors (Lipinski definition) is 4. The van der Waals surface area contributed by atoms with Crippen molar-refractivity contribution in [2.75, 3.05) is 19.8 Å². The van der Waals surface area contributed by atoms with Crippen LogP contribution in [0.5, 0.6) is 0 Å². The molecule has 1 fully saturated rings. The molecule has 6 heteroatoms. The molecule has 0 saturated carbocycles. The zero-order chi connectivity index (χ0) is 13.9. The lowest BCUT2D eigenvalue weighted by Crippen LogP contribution is -2.38. The fraction of sp³-hybridized carbons (Fsp3) is 0.667. The van der Waals surface area contributed by atoms with E-state index in [1.807, 2.05) is 6.92 Å². The zero-order valence-electron chi connectivity index (χ0n) is 11.0. The molecule has 0 spiro atoms. The van der Waals surface area contributed by atoms with E-state index in [-0.39, 0.29) is 18.8 Å². The van der Waals surface area contributed by atoms with Crippen LogP contribution in [0.3, 0.4) is 0 Å². The Morgan fingerprint density at radius 3 is 2.72 bits per heavy atom. The molecule has 2 amide bonds. The molecule has 1 aliphatic heterocycles. The van der Waals surface area contributed by atoms with Gasteiger partial charge < -0.3 is 14.7 Å².